The van der Waals surface area contributed by atoms with Crippen molar-refractivity contribution in [2.45, 2.75) is 37.8 Å². The molecule has 0 amide bonds. The number of piperidine rings is 1. The highest BCUT2D eigenvalue weighted by Gasteiger charge is 2.33. The van der Waals surface area contributed by atoms with Crippen molar-refractivity contribution in [1.29, 1.82) is 0 Å². The summed E-state index contributed by atoms with van der Waals surface area (Å²) >= 11 is 0. The summed E-state index contributed by atoms with van der Waals surface area (Å²) in [6, 6.07) is 5.71. The van der Waals surface area contributed by atoms with Gasteiger partial charge in [0.05, 0.1) is 0 Å². The molecule has 0 spiro atoms. The van der Waals surface area contributed by atoms with E-state index in [0.717, 1.165) is 25.8 Å². The van der Waals surface area contributed by atoms with Crippen molar-refractivity contribution in [2.75, 3.05) is 13.2 Å². The normalized spacial score (nSPS) is 21.6. The van der Waals surface area contributed by atoms with Gasteiger partial charge < -0.3 is 15.3 Å². The first kappa shape index (κ1) is 14.8. The molecule has 5 nitrogen and oxygen atoms in total. The summed E-state index contributed by atoms with van der Waals surface area (Å²) in [5, 5.41) is 28.1. The second-order valence-corrected chi connectivity index (χ2v) is 5.23. The third-order valence-corrected chi connectivity index (χ3v) is 3.91. The Morgan fingerprint density at radius 1 is 1.30 bits per heavy atom. The lowest BCUT2D eigenvalue weighted by Gasteiger charge is -2.39. The highest BCUT2D eigenvalue weighted by molar-refractivity contribution is 5.75. The molecule has 0 aromatic heterocycles. The molecule has 5 heteroatoms. The Balaban J connectivity index is 2.26. The van der Waals surface area contributed by atoms with Gasteiger partial charge in [-0.15, -0.1) is 0 Å². The van der Waals surface area contributed by atoms with E-state index in [1.165, 1.54) is 12.1 Å². The number of aliphatic hydroxyl groups excluding tert-OH is 1. The van der Waals surface area contributed by atoms with Gasteiger partial charge in [0.25, 0.3) is 0 Å². The number of phenols is 1. The van der Waals surface area contributed by atoms with Crippen LogP contribution < -0.4 is 0 Å². The number of phenolic OH excluding ortho intramolecular Hbond substituents is 1. The van der Waals surface area contributed by atoms with E-state index in [-0.39, 0.29) is 18.4 Å². The molecule has 110 valence electrons. The van der Waals surface area contributed by atoms with E-state index in [1.807, 2.05) is 4.90 Å². The van der Waals surface area contributed by atoms with Gasteiger partial charge in [-0.1, -0.05) is 18.6 Å². The van der Waals surface area contributed by atoms with Crippen LogP contribution in [-0.2, 0) is 4.79 Å². The van der Waals surface area contributed by atoms with E-state index in [0.29, 0.717) is 12.0 Å². The molecular weight excluding hydrogens is 258 g/mol. The lowest BCUT2D eigenvalue weighted by atomic mass is 9.94. The second kappa shape index (κ2) is 6.72. The van der Waals surface area contributed by atoms with Crippen LogP contribution in [-0.4, -0.2) is 45.4 Å². The zero-order valence-electron chi connectivity index (χ0n) is 11.4. The number of aliphatic hydroxyl groups is 1. The van der Waals surface area contributed by atoms with E-state index in [9.17, 15) is 15.0 Å². The third kappa shape index (κ3) is 3.29. The van der Waals surface area contributed by atoms with Crippen LogP contribution in [0.3, 0.4) is 0 Å². The minimum atomic E-state index is -0.888. The van der Waals surface area contributed by atoms with Crippen molar-refractivity contribution in [2.24, 2.45) is 0 Å². The fraction of sp³-hybridized carbons (Fsp3) is 0.533. The number of carboxylic acid groups (broad SMARTS) is 1. The highest BCUT2D eigenvalue weighted by atomic mass is 16.4. The first-order valence-electron chi connectivity index (χ1n) is 7.02. The predicted molar refractivity (Wildman–Crippen MR) is 74.5 cm³/mol. The lowest BCUT2D eigenvalue weighted by Crippen LogP contribution is -2.45. The molecule has 0 radical (unpaired) electrons. The van der Waals surface area contributed by atoms with Crippen LogP contribution >= 0.6 is 0 Å². The third-order valence-electron chi connectivity index (χ3n) is 3.91. The topological polar surface area (TPSA) is 81.0 Å². The summed E-state index contributed by atoms with van der Waals surface area (Å²) < 4.78 is 0. The number of hydrogen-bond donors (Lipinski definition) is 3. The Hall–Kier alpha value is -1.59. The van der Waals surface area contributed by atoms with Gasteiger partial charge in [-0.05, 0) is 43.5 Å². The number of likely N-dealkylation sites (tertiary alicyclic amines) is 1. The van der Waals surface area contributed by atoms with Gasteiger partial charge in [0, 0.05) is 12.6 Å². The van der Waals surface area contributed by atoms with Crippen LogP contribution in [0.25, 0.3) is 0 Å². The van der Waals surface area contributed by atoms with Gasteiger partial charge in [0.1, 0.15) is 11.8 Å². The van der Waals surface area contributed by atoms with Crippen LogP contribution in [0.15, 0.2) is 24.3 Å². The van der Waals surface area contributed by atoms with Gasteiger partial charge in [-0.25, -0.2) is 0 Å². The summed E-state index contributed by atoms with van der Waals surface area (Å²) in [4.78, 5) is 13.6. The average Bonchev–Trinajstić information content (AvgIpc) is 2.43. The minimum absolute atomic E-state index is 0.0725. The maximum absolute atomic E-state index is 11.7. The zero-order chi connectivity index (χ0) is 14.5. The van der Waals surface area contributed by atoms with Gasteiger partial charge >= 0.3 is 5.97 Å². The molecule has 1 heterocycles. The molecule has 1 saturated heterocycles. The SMILES string of the molecule is O=C(O)C(c1ccc(O)cc1)N1CCCCC1CCO. The Morgan fingerprint density at radius 3 is 2.60 bits per heavy atom. The maximum atomic E-state index is 11.7. The standard InChI is InChI=1S/C15H21NO4/c17-10-8-12-3-1-2-9-16(12)14(15(19)20)11-4-6-13(18)7-5-11/h4-7,12,14,17-18H,1-3,8-10H2,(H,19,20). The predicted octanol–water partition coefficient (Wildman–Crippen LogP) is 1.75. The fourth-order valence-electron chi connectivity index (χ4n) is 2.95. The molecule has 3 N–H and O–H groups in total. The quantitative estimate of drug-likeness (QED) is 0.765. The van der Waals surface area contributed by atoms with Crippen LogP contribution in [0.2, 0.25) is 0 Å². The molecule has 1 aliphatic heterocycles. The van der Waals surface area contributed by atoms with Gasteiger partial charge in [-0.3, -0.25) is 9.69 Å². The van der Waals surface area contributed by atoms with Crippen LogP contribution in [0, 0.1) is 0 Å². The molecule has 2 rings (SSSR count). The Morgan fingerprint density at radius 2 is 2.00 bits per heavy atom. The highest BCUT2D eigenvalue weighted by Crippen LogP contribution is 2.31. The molecule has 0 saturated carbocycles. The van der Waals surface area contributed by atoms with Gasteiger partial charge in [0.15, 0.2) is 0 Å². The Bertz CT molecular complexity index is 444. The molecule has 0 bridgehead atoms. The number of aliphatic carboxylic acids is 1. The van der Waals surface area contributed by atoms with Crippen LogP contribution in [0.1, 0.15) is 37.3 Å². The molecule has 2 atom stereocenters. The van der Waals surface area contributed by atoms with E-state index in [2.05, 4.69) is 0 Å². The molecule has 2 unspecified atom stereocenters. The Kier molecular flexibility index (Phi) is 4.98. The molecular formula is C15H21NO4. The van der Waals surface area contributed by atoms with E-state index < -0.39 is 12.0 Å². The van der Waals surface area contributed by atoms with E-state index in [4.69, 9.17) is 5.11 Å². The zero-order valence-corrected chi connectivity index (χ0v) is 11.4. The lowest BCUT2D eigenvalue weighted by molar-refractivity contribution is -0.145. The van der Waals surface area contributed by atoms with Crippen LogP contribution in [0.5, 0.6) is 5.75 Å². The largest absolute Gasteiger partial charge is 0.508 e. The molecule has 1 aliphatic rings. The van der Waals surface area contributed by atoms with E-state index in [1.54, 1.807) is 12.1 Å². The first-order valence-corrected chi connectivity index (χ1v) is 7.02. The molecule has 1 aromatic rings. The second-order valence-electron chi connectivity index (χ2n) is 5.23. The number of aromatic hydroxyl groups is 1. The smallest absolute Gasteiger partial charge is 0.325 e. The molecule has 0 aliphatic carbocycles. The number of carbonyl (C=O) groups is 1. The van der Waals surface area contributed by atoms with Gasteiger partial charge in [-0.2, -0.15) is 0 Å². The van der Waals surface area contributed by atoms with Gasteiger partial charge in [0.2, 0.25) is 0 Å². The number of carboxylic acids is 1. The van der Waals surface area contributed by atoms with Crippen molar-refractivity contribution in [1.82, 2.24) is 4.90 Å². The Labute approximate surface area is 118 Å². The summed E-state index contributed by atoms with van der Waals surface area (Å²) in [6.45, 7) is 0.797. The van der Waals surface area contributed by atoms with Crippen molar-refractivity contribution < 1.29 is 20.1 Å². The molecule has 20 heavy (non-hydrogen) atoms. The molecule has 1 aromatic carbocycles. The minimum Gasteiger partial charge on any atom is -0.508 e. The number of nitrogens with zero attached hydrogens (tertiary/aromatic N) is 1. The number of hydrogen-bond acceptors (Lipinski definition) is 4. The van der Waals surface area contributed by atoms with Crippen molar-refractivity contribution in [3.05, 3.63) is 29.8 Å². The van der Waals surface area contributed by atoms with Crippen molar-refractivity contribution in [3.63, 3.8) is 0 Å². The summed E-state index contributed by atoms with van der Waals surface area (Å²) in [5.74, 6) is -0.760. The van der Waals surface area contributed by atoms with Crippen molar-refractivity contribution in [3.8, 4) is 5.75 Å². The van der Waals surface area contributed by atoms with E-state index >= 15 is 0 Å². The summed E-state index contributed by atoms with van der Waals surface area (Å²) in [7, 11) is 0. The van der Waals surface area contributed by atoms with Crippen molar-refractivity contribution >= 4 is 5.97 Å². The number of rotatable bonds is 5. The summed E-state index contributed by atoms with van der Waals surface area (Å²) in [6.07, 6.45) is 3.57. The average molecular weight is 279 g/mol. The maximum Gasteiger partial charge on any atom is 0.325 e. The fourth-order valence-corrected chi connectivity index (χ4v) is 2.95. The molecule has 1 fully saturated rings. The first-order chi connectivity index (χ1) is 9.63. The summed E-state index contributed by atoms with van der Waals surface area (Å²) in [5.41, 5.74) is 0.667. The monoisotopic (exact) mass is 279 g/mol. The number of benzene rings is 1. The van der Waals surface area contributed by atoms with Crippen LogP contribution in [0.4, 0.5) is 0 Å².